The monoisotopic (exact) mass is 403 g/mol. The molecule has 7 nitrogen and oxygen atoms in total. The Morgan fingerprint density at radius 1 is 1.25 bits per heavy atom. The molecule has 0 aliphatic heterocycles. The number of amides is 1. The van der Waals surface area contributed by atoms with Crippen LogP contribution in [0.4, 0.5) is 0 Å². The van der Waals surface area contributed by atoms with Gasteiger partial charge in [-0.1, -0.05) is 42.1 Å². The molecule has 0 radical (unpaired) electrons. The Balaban J connectivity index is 1.89. The lowest BCUT2D eigenvalue weighted by molar-refractivity contribution is -0.139. The Kier molecular flexibility index (Phi) is 8.25. The molecule has 2 N–H and O–H groups in total. The maximum absolute atomic E-state index is 12.4. The summed E-state index contributed by atoms with van der Waals surface area (Å²) in [6.07, 6.45) is 1.62. The van der Waals surface area contributed by atoms with Crippen molar-refractivity contribution in [2.45, 2.75) is 49.6 Å². The molecule has 8 heteroatoms. The molecule has 2 rings (SSSR count). The number of methoxy groups -OCH3 is 1. The van der Waals surface area contributed by atoms with Gasteiger partial charge in [0.1, 0.15) is 0 Å². The molecule has 1 amide bonds. The largest absolute Gasteiger partial charge is 0.469 e. The lowest BCUT2D eigenvalue weighted by Gasteiger charge is -2.17. The Labute approximate surface area is 168 Å². The molecule has 0 aliphatic carbocycles. The third kappa shape index (κ3) is 7.19. The van der Waals surface area contributed by atoms with Gasteiger partial charge in [-0.2, -0.15) is 0 Å². The summed E-state index contributed by atoms with van der Waals surface area (Å²) in [4.78, 5) is 42.4. The first-order valence-corrected chi connectivity index (χ1v) is 9.93. The number of thioether (sulfide) groups is 1. The van der Waals surface area contributed by atoms with E-state index < -0.39 is 11.2 Å². The maximum Gasteiger partial charge on any atom is 0.311 e. The van der Waals surface area contributed by atoms with Crippen molar-refractivity contribution in [1.29, 1.82) is 0 Å². The number of nitrogens with one attached hydrogen (secondary N) is 2. The number of benzene rings is 1. The van der Waals surface area contributed by atoms with Crippen molar-refractivity contribution in [2.75, 3.05) is 7.11 Å². The summed E-state index contributed by atoms with van der Waals surface area (Å²) in [5, 5.41) is 2.84. The molecule has 0 unspecified atom stereocenters. The van der Waals surface area contributed by atoms with Crippen molar-refractivity contribution in [3.05, 3.63) is 58.0 Å². The van der Waals surface area contributed by atoms with Crippen LogP contribution in [0.3, 0.4) is 0 Å². The second-order valence-corrected chi connectivity index (χ2v) is 7.82. The molecule has 2 atom stereocenters. The fourth-order valence-electron chi connectivity index (χ4n) is 2.53. The summed E-state index contributed by atoms with van der Waals surface area (Å²) in [7, 11) is 1.27. The standard InChI is InChI=1S/C20H25N3O4S/c1-13(9-10-15-7-5-4-6-8-15)21-19(26)14(2)28-20-22-16(11-17(24)23-20)12-18(25)27-3/h4-8,11,13-14H,9-10,12H2,1-3H3,(H,21,26)(H,22,23,24)/t13-,14+/m1/s1. The van der Waals surface area contributed by atoms with Gasteiger partial charge in [-0.15, -0.1) is 0 Å². The number of esters is 1. The lowest BCUT2D eigenvalue weighted by Crippen LogP contribution is -2.38. The minimum atomic E-state index is -0.480. The third-order valence-corrected chi connectivity index (χ3v) is 5.07. The predicted octanol–water partition coefficient (Wildman–Crippen LogP) is 2.10. The van der Waals surface area contributed by atoms with Crippen molar-refractivity contribution >= 4 is 23.6 Å². The van der Waals surface area contributed by atoms with Gasteiger partial charge in [-0.3, -0.25) is 14.4 Å². The number of aromatic nitrogens is 2. The molecule has 1 aromatic heterocycles. The molecule has 0 saturated heterocycles. The summed E-state index contributed by atoms with van der Waals surface area (Å²) < 4.78 is 4.59. The highest BCUT2D eigenvalue weighted by atomic mass is 32.2. The molecule has 0 saturated carbocycles. The van der Waals surface area contributed by atoms with Crippen LogP contribution >= 0.6 is 11.8 Å². The molecule has 0 bridgehead atoms. The number of H-pyrrole nitrogens is 1. The molecule has 1 aromatic carbocycles. The van der Waals surface area contributed by atoms with Crippen LogP contribution in [-0.2, 0) is 27.2 Å². The van der Waals surface area contributed by atoms with Crippen LogP contribution in [0.1, 0.15) is 31.5 Å². The van der Waals surface area contributed by atoms with Gasteiger partial charge in [-0.05, 0) is 32.3 Å². The quantitative estimate of drug-likeness (QED) is 0.378. The first kappa shape index (κ1) is 21.7. The van der Waals surface area contributed by atoms with Gasteiger partial charge in [0, 0.05) is 12.1 Å². The van der Waals surface area contributed by atoms with Crippen LogP contribution < -0.4 is 10.9 Å². The number of nitrogens with zero attached hydrogens (tertiary/aromatic N) is 1. The Morgan fingerprint density at radius 2 is 1.96 bits per heavy atom. The molecule has 150 valence electrons. The van der Waals surface area contributed by atoms with Crippen LogP contribution in [0, 0.1) is 0 Å². The van der Waals surface area contributed by atoms with Gasteiger partial charge >= 0.3 is 5.97 Å². The highest BCUT2D eigenvalue weighted by Gasteiger charge is 2.18. The van der Waals surface area contributed by atoms with Crippen LogP contribution in [-0.4, -0.2) is 40.2 Å². The Morgan fingerprint density at radius 3 is 2.64 bits per heavy atom. The molecular formula is C20H25N3O4S. The summed E-state index contributed by atoms with van der Waals surface area (Å²) >= 11 is 1.14. The van der Waals surface area contributed by atoms with Crippen molar-refractivity contribution in [3.8, 4) is 0 Å². The van der Waals surface area contributed by atoms with Crippen molar-refractivity contribution < 1.29 is 14.3 Å². The molecule has 0 fully saturated rings. The van der Waals surface area contributed by atoms with Gasteiger partial charge in [0.2, 0.25) is 5.91 Å². The van der Waals surface area contributed by atoms with E-state index in [1.165, 1.54) is 18.7 Å². The fourth-order valence-corrected chi connectivity index (χ4v) is 3.37. The first-order chi connectivity index (χ1) is 13.4. The highest BCUT2D eigenvalue weighted by molar-refractivity contribution is 8.00. The number of aryl methyl sites for hydroxylation is 1. The molecule has 2 aromatic rings. The second kappa shape index (κ2) is 10.7. The van der Waals surface area contributed by atoms with E-state index in [9.17, 15) is 14.4 Å². The number of hydrogen-bond donors (Lipinski definition) is 2. The minimum Gasteiger partial charge on any atom is -0.469 e. The second-order valence-electron chi connectivity index (χ2n) is 6.49. The SMILES string of the molecule is COC(=O)Cc1cc(=O)[nH]c(S[C@@H](C)C(=O)N[C@H](C)CCc2ccccc2)n1. The van der Waals surface area contributed by atoms with E-state index >= 15 is 0 Å². The predicted molar refractivity (Wildman–Crippen MR) is 108 cm³/mol. The van der Waals surface area contributed by atoms with Gasteiger partial charge in [-0.25, -0.2) is 4.98 Å². The minimum absolute atomic E-state index is 0.0217. The van der Waals surface area contributed by atoms with Crippen LogP contribution in [0.2, 0.25) is 0 Å². The summed E-state index contributed by atoms with van der Waals surface area (Å²) in [5.41, 5.74) is 1.16. The van der Waals surface area contributed by atoms with E-state index in [1.807, 2.05) is 25.1 Å². The molecular weight excluding hydrogens is 378 g/mol. The first-order valence-electron chi connectivity index (χ1n) is 9.05. The normalized spacial score (nSPS) is 12.8. The average Bonchev–Trinajstić information content (AvgIpc) is 2.66. The molecule has 0 spiro atoms. The van der Waals surface area contributed by atoms with Crippen LogP contribution in [0.5, 0.6) is 0 Å². The summed E-state index contributed by atoms with van der Waals surface area (Å²) in [6.45, 7) is 3.71. The van der Waals surface area contributed by atoms with Crippen molar-refractivity contribution in [3.63, 3.8) is 0 Å². The number of hydrogen-bond acceptors (Lipinski definition) is 6. The zero-order chi connectivity index (χ0) is 20.5. The summed E-state index contributed by atoms with van der Waals surface area (Å²) in [5.74, 6) is -0.612. The zero-order valence-electron chi connectivity index (χ0n) is 16.2. The van der Waals surface area contributed by atoms with Gasteiger partial charge in [0.25, 0.3) is 5.56 Å². The Hall–Kier alpha value is -2.61. The number of ether oxygens (including phenoxy) is 1. The van der Waals surface area contributed by atoms with E-state index in [0.717, 1.165) is 24.6 Å². The molecule has 0 aliphatic rings. The number of carbonyl (C=O) groups excluding carboxylic acids is 2. The topological polar surface area (TPSA) is 101 Å². The van der Waals surface area contributed by atoms with E-state index in [0.29, 0.717) is 10.9 Å². The summed E-state index contributed by atoms with van der Waals surface area (Å²) in [6, 6.07) is 11.4. The van der Waals surface area contributed by atoms with E-state index in [4.69, 9.17) is 0 Å². The number of carbonyl (C=O) groups is 2. The van der Waals surface area contributed by atoms with E-state index in [1.54, 1.807) is 6.92 Å². The molecule has 1 heterocycles. The fraction of sp³-hybridized carbons (Fsp3) is 0.400. The average molecular weight is 404 g/mol. The van der Waals surface area contributed by atoms with Crippen molar-refractivity contribution in [2.24, 2.45) is 0 Å². The van der Waals surface area contributed by atoms with E-state index in [2.05, 4.69) is 32.2 Å². The van der Waals surface area contributed by atoms with Crippen molar-refractivity contribution in [1.82, 2.24) is 15.3 Å². The maximum atomic E-state index is 12.4. The van der Waals surface area contributed by atoms with Crippen LogP contribution in [0.25, 0.3) is 0 Å². The third-order valence-electron chi connectivity index (χ3n) is 4.08. The smallest absolute Gasteiger partial charge is 0.311 e. The van der Waals surface area contributed by atoms with Gasteiger partial charge in [0.05, 0.1) is 24.5 Å². The van der Waals surface area contributed by atoms with Crippen LogP contribution in [0.15, 0.2) is 46.3 Å². The highest BCUT2D eigenvalue weighted by Crippen LogP contribution is 2.19. The lowest BCUT2D eigenvalue weighted by atomic mass is 10.1. The number of rotatable bonds is 9. The molecule has 28 heavy (non-hydrogen) atoms. The van der Waals surface area contributed by atoms with Gasteiger partial charge in [0.15, 0.2) is 5.16 Å². The van der Waals surface area contributed by atoms with E-state index in [-0.39, 0.29) is 23.9 Å². The zero-order valence-corrected chi connectivity index (χ0v) is 17.0. The van der Waals surface area contributed by atoms with Gasteiger partial charge < -0.3 is 15.0 Å². The number of aromatic amines is 1. The Bertz CT molecular complexity index is 854.